The van der Waals surface area contributed by atoms with Gasteiger partial charge in [-0.3, -0.25) is 0 Å². The number of nitrogens with two attached hydrogens (primary N) is 1. The molecule has 0 radical (unpaired) electrons. The fourth-order valence-electron chi connectivity index (χ4n) is 3.94. The Morgan fingerprint density at radius 1 is 0.970 bits per heavy atom. The number of rotatable bonds is 4. The van der Waals surface area contributed by atoms with Crippen molar-refractivity contribution in [2.45, 2.75) is 0 Å². The summed E-state index contributed by atoms with van der Waals surface area (Å²) in [6.45, 7) is 3.15. The van der Waals surface area contributed by atoms with E-state index in [0.717, 1.165) is 65.6 Å². The number of benzene rings is 1. The smallest absolute Gasteiger partial charge is 0.220 e. The Bertz CT molecular complexity index is 1440. The Morgan fingerprint density at radius 2 is 1.88 bits per heavy atom. The van der Waals surface area contributed by atoms with Crippen LogP contribution in [0.15, 0.2) is 61.3 Å². The Hall–Kier alpha value is -4.31. The number of pyridine rings is 1. The third-order valence-corrected chi connectivity index (χ3v) is 5.61. The van der Waals surface area contributed by atoms with Gasteiger partial charge in [-0.2, -0.15) is 0 Å². The van der Waals surface area contributed by atoms with Crippen molar-refractivity contribution in [1.82, 2.24) is 29.3 Å². The van der Waals surface area contributed by atoms with Gasteiger partial charge in [-0.15, -0.1) is 0 Å². The molecule has 5 aromatic rings. The van der Waals surface area contributed by atoms with Crippen molar-refractivity contribution in [2.75, 3.05) is 42.3 Å². The lowest BCUT2D eigenvalue weighted by molar-refractivity contribution is 0.122. The van der Waals surface area contributed by atoms with Gasteiger partial charge < -0.3 is 25.1 Å². The standard InChI is InChI=1S/C23H21N9O/c24-23-27-12-16-11-15(1-3-18(16)30-23)19-14-32-6-5-25-22(32)21(29-19)28-17-2-4-20(26-13-17)31-7-9-33-10-8-31/h1-6,11-14H,7-10H2,(H,28,29)(H2,24,27,30). The monoisotopic (exact) mass is 439 g/mol. The number of morpholine rings is 1. The van der Waals surface area contributed by atoms with Crippen LogP contribution in [0.25, 0.3) is 27.8 Å². The van der Waals surface area contributed by atoms with Gasteiger partial charge in [-0.25, -0.2) is 24.9 Å². The highest BCUT2D eigenvalue weighted by Gasteiger charge is 2.14. The third-order valence-electron chi connectivity index (χ3n) is 5.61. The van der Waals surface area contributed by atoms with E-state index in [2.05, 4.69) is 30.2 Å². The fourth-order valence-corrected chi connectivity index (χ4v) is 3.94. The maximum absolute atomic E-state index is 5.70. The molecule has 0 amide bonds. The van der Waals surface area contributed by atoms with Gasteiger partial charge in [-0.1, -0.05) is 6.07 Å². The summed E-state index contributed by atoms with van der Waals surface area (Å²) in [7, 11) is 0. The highest BCUT2D eigenvalue weighted by atomic mass is 16.5. The molecule has 0 bridgehead atoms. The zero-order chi connectivity index (χ0) is 22.2. The first kappa shape index (κ1) is 19.4. The lowest BCUT2D eigenvalue weighted by atomic mass is 10.1. The number of anilines is 4. The van der Waals surface area contributed by atoms with Gasteiger partial charge in [0.05, 0.1) is 36.3 Å². The van der Waals surface area contributed by atoms with Crippen molar-refractivity contribution < 1.29 is 4.74 Å². The molecular weight excluding hydrogens is 418 g/mol. The van der Waals surface area contributed by atoms with Gasteiger partial charge in [0.25, 0.3) is 0 Å². The average molecular weight is 439 g/mol. The van der Waals surface area contributed by atoms with Crippen molar-refractivity contribution in [3.63, 3.8) is 0 Å². The molecule has 1 saturated heterocycles. The number of hydrogen-bond donors (Lipinski definition) is 2. The van der Waals surface area contributed by atoms with E-state index in [4.69, 9.17) is 15.5 Å². The molecule has 1 fully saturated rings. The minimum Gasteiger partial charge on any atom is -0.378 e. The van der Waals surface area contributed by atoms with E-state index in [0.29, 0.717) is 5.82 Å². The number of imidazole rings is 1. The van der Waals surface area contributed by atoms with E-state index in [1.807, 2.05) is 53.3 Å². The molecule has 1 aromatic carbocycles. The molecular formula is C23H21N9O. The molecule has 1 aliphatic heterocycles. The van der Waals surface area contributed by atoms with Crippen molar-refractivity contribution in [2.24, 2.45) is 0 Å². The molecule has 0 atom stereocenters. The predicted octanol–water partition coefficient (Wildman–Crippen LogP) is 2.90. The van der Waals surface area contributed by atoms with E-state index in [-0.39, 0.29) is 5.95 Å². The van der Waals surface area contributed by atoms with Crippen LogP contribution in [0.2, 0.25) is 0 Å². The summed E-state index contributed by atoms with van der Waals surface area (Å²) in [5.74, 6) is 1.84. The van der Waals surface area contributed by atoms with Crippen molar-refractivity contribution in [1.29, 1.82) is 0 Å². The summed E-state index contributed by atoms with van der Waals surface area (Å²) in [5.41, 5.74) is 9.79. The molecule has 3 N–H and O–H groups in total. The Balaban J connectivity index is 1.34. The van der Waals surface area contributed by atoms with Crippen LogP contribution in [-0.2, 0) is 4.74 Å². The highest BCUT2D eigenvalue weighted by Crippen LogP contribution is 2.27. The van der Waals surface area contributed by atoms with Crippen LogP contribution in [0, 0.1) is 0 Å². The maximum atomic E-state index is 5.70. The van der Waals surface area contributed by atoms with Crippen molar-refractivity contribution in [3.8, 4) is 11.3 Å². The second kappa shape index (κ2) is 7.99. The molecule has 5 heterocycles. The SMILES string of the molecule is Nc1ncc2cc(-c3cn4ccnc4c(Nc4ccc(N5CCOCC5)nc4)n3)ccc2n1. The van der Waals surface area contributed by atoms with Crippen LogP contribution in [-0.4, -0.2) is 55.6 Å². The first-order valence-corrected chi connectivity index (χ1v) is 10.7. The summed E-state index contributed by atoms with van der Waals surface area (Å²) in [6, 6.07) is 9.91. The second-order valence-electron chi connectivity index (χ2n) is 7.76. The summed E-state index contributed by atoms with van der Waals surface area (Å²) >= 11 is 0. The summed E-state index contributed by atoms with van der Waals surface area (Å²) < 4.78 is 7.37. The van der Waals surface area contributed by atoms with Crippen LogP contribution < -0.4 is 16.0 Å². The van der Waals surface area contributed by atoms with Crippen LogP contribution in [0.1, 0.15) is 0 Å². The van der Waals surface area contributed by atoms with E-state index in [9.17, 15) is 0 Å². The normalized spacial score (nSPS) is 14.1. The Labute approximate surface area is 189 Å². The quantitative estimate of drug-likeness (QED) is 0.435. The van der Waals surface area contributed by atoms with Gasteiger partial charge in [0.1, 0.15) is 5.82 Å². The number of nitrogens with zero attached hydrogens (tertiary/aromatic N) is 7. The van der Waals surface area contributed by atoms with Gasteiger partial charge in [0.15, 0.2) is 11.5 Å². The molecule has 10 nitrogen and oxygen atoms in total. The highest BCUT2D eigenvalue weighted by molar-refractivity contribution is 5.84. The zero-order valence-corrected chi connectivity index (χ0v) is 17.7. The van der Waals surface area contributed by atoms with E-state index < -0.39 is 0 Å². The molecule has 4 aromatic heterocycles. The number of aromatic nitrogens is 6. The summed E-state index contributed by atoms with van der Waals surface area (Å²) in [4.78, 5) is 24.5. The molecule has 33 heavy (non-hydrogen) atoms. The molecule has 164 valence electrons. The molecule has 6 rings (SSSR count). The van der Waals surface area contributed by atoms with Gasteiger partial charge in [0, 0.05) is 48.8 Å². The summed E-state index contributed by atoms with van der Waals surface area (Å²) in [6.07, 6.45) is 9.14. The van der Waals surface area contributed by atoms with Gasteiger partial charge >= 0.3 is 0 Å². The number of nitrogen functional groups attached to an aromatic ring is 1. The Morgan fingerprint density at radius 3 is 2.73 bits per heavy atom. The number of nitrogens with one attached hydrogen (secondary N) is 1. The van der Waals surface area contributed by atoms with Crippen LogP contribution in [0.4, 0.5) is 23.3 Å². The maximum Gasteiger partial charge on any atom is 0.220 e. The Kier molecular flexibility index (Phi) is 4.69. The molecule has 0 spiro atoms. The molecule has 1 aliphatic rings. The first-order chi connectivity index (χ1) is 16.2. The minimum atomic E-state index is 0.257. The molecule has 0 aliphatic carbocycles. The van der Waals surface area contributed by atoms with Crippen molar-refractivity contribution in [3.05, 3.63) is 61.3 Å². The number of fused-ring (bicyclic) bond motifs is 2. The van der Waals surface area contributed by atoms with Crippen molar-refractivity contribution >= 4 is 39.8 Å². The molecule has 0 saturated carbocycles. The largest absolute Gasteiger partial charge is 0.378 e. The van der Waals surface area contributed by atoms with E-state index in [1.54, 1.807) is 12.4 Å². The lowest BCUT2D eigenvalue weighted by Crippen LogP contribution is -2.36. The van der Waals surface area contributed by atoms with E-state index >= 15 is 0 Å². The predicted molar refractivity (Wildman–Crippen MR) is 126 cm³/mol. The van der Waals surface area contributed by atoms with E-state index in [1.165, 1.54) is 0 Å². The van der Waals surface area contributed by atoms with Crippen LogP contribution in [0.5, 0.6) is 0 Å². The average Bonchev–Trinajstić information content (AvgIpc) is 3.34. The van der Waals surface area contributed by atoms with Crippen LogP contribution >= 0.6 is 0 Å². The topological polar surface area (TPSA) is 119 Å². The van der Waals surface area contributed by atoms with Crippen LogP contribution in [0.3, 0.4) is 0 Å². The van der Waals surface area contributed by atoms with Gasteiger partial charge in [0.2, 0.25) is 5.95 Å². The first-order valence-electron chi connectivity index (χ1n) is 10.7. The molecule has 0 unspecified atom stereocenters. The minimum absolute atomic E-state index is 0.257. The number of hydrogen-bond acceptors (Lipinski definition) is 9. The van der Waals surface area contributed by atoms with Gasteiger partial charge in [-0.05, 0) is 24.3 Å². The second-order valence-corrected chi connectivity index (χ2v) is 7.76. The third kappa shape index (κ3) is 3.76. The fraction of sp³-hybridized carbons (Fsp3) is 0.174. The lowest BCUT2D eigenvalue weighted by Gasteiger charge is -2.27. The number of ether oxygens (including phenoxy) is 1. The zero-order valence-electron chi connectivity index (χ0n) is 17.7. The summed E-state index contributed by atoms with van der Waals surface area (Å²) in [5, 5.41) is 4.27. The molecule has 10 heteroatoms.